The van der Waals surface area contributed by atoms with Gasteiger partial charge in [-0.25, -0.2) is 0 Å². The number of allylic oxidation sites excluding steroid dienone is 3. The number of rotatable bonds is 4. The Morgan fingerprint density at radius 3 is 2.06 bits per heavy atom. The molecule has 1 saturated heterocycles. The molecule has 17 heavy (non-hydrogen) atoms. The molecular formula is C14H25BO2. The summed E-state index contributed by atoms with van der Waals surface area (Å²) >= 11 is 0. The van der Waals surface area contributed by atoms with Gasteiger partial charge in [-0.05, 0) is 40.0 Å². The summed E-state index contributed by atoms with van der Waals surface area (Å²) in [4.78, 5) is 0. The maximum atomic E-state index is 5.89. The maximum Gasteiger partial charge on any atom is 0.486 e. The molecule has 2 nitrogen and oxygen atoms in total. The van der Waals surface area contributed by atoms with E-state index in [4.69, 9.17) is 9.31 Å². The van der Waals surface area contributed by atoms with Gasteiger partial charge in [-0.2, -0.15) is 0 Å². The molecule has 0 saturated carbocycles. The van der Waals surface area contributed by atoms with Gasteiger partial charge in [-0.15, -0.1) is 0 Å². The lowest BCUT2D eigenvalue weighted by atomic mass is 9.88. The second-order valence-electron chi connectivity index (χ2n) is 5.71. The van der Waals surface area contributed by atoms with Gasteiger partial charge >= 0.3 is 7.12 Å². The van der Waals surface area contributed by atoms with Crippen LogP contribution in [0.5, 0.6) is 0 Å². The number of hydrogen-bond acceptors (Lipinski definition) is 2. The Labute approximate surface area is 106 Å². The summed E-state index contributed by atoms with van der Waals surface area (Å²) < 4.78 is 11.8. The van der Waals surface area contributed by atoms with Gasteiger partial charge in [0.25, 0.3) is 0 Å². The fourth-order valence-corrected chi connectivity index (χ4v) is 1.65. The Hall–Kier alpha value is -0.535. The molecule has 1 aliphatic heterocycles. The Kier molecular flexibility index (Phi) is 4.62. The second kappa shape index (κ2) is 5.41. The first-order valence-corrected chi connectivity index (χ1v) is 6.49. The first-order valence-electron chi connectivity index (χ1n) is 6.49. The normalized spacial score (nSPS) is 24.9. The van der Waals surface area contributed by atoms with Gasteiger partial charge < -0.3 is 9.31 Å². The summed E-state index contributed by atoms with van der Waals surface area (Å²) in [5, 5.41) is 0. The monoisotopic (exact) mass is 236 g/mol. The van der Waals surface area contributed by atoms with Gasteiger partial charge in [0.05, 0.1) is 11.2 Å². The highest BCUT2D eigenvalue weighted by molar-refractivity contribution is 6.51. The fraction of sp³-hybridized carbons (Fsp3) is 0.714. The van der Waals surface area contributed by atoms with Crippen molar-refractivity contribution in [3.63, 3.8) is 0 Å². The van der Waals surface area contributed by atoms with Crippen LogP contribution >= 0.6 is 0 Å². The second-order valence-corrected chi connectivity index (χ2v) is 5.71. The van der Waals surface area contributed by atoms with Crippen LogP contribution in [-0.4, -0.2) is 18.3 Å². The van der Waals surface area contributed by atoms with Crippen molar-refractivity contribution in [3.05, 3.63) is 24.2 Å². The van der Waals surface area contributed by atoms with Crippen LogP contribution in [0.2, 0.25) is 0 Å². The van der Waals surface area contributed by atoms with E-state index in [2.05, 4.69) is 59.8 Å². The van der Waals surface area contributed by atoms with Crippen LogP contribution in [0.25, 0.3) is 0 Å². The number of hydrogen-bond donors (Lipinski definition) is 0. The van der Waals surface area contributed by atoms with E-state index in [0.717, 1.165) is 6.42 Å². The van der Waals surface area contributed by atoms with E-state index in [-0.39, 0.29) is 18.3 Å². The predicted molar refractivity (Wildman–Crippen MR) is 73.8 cm³/mol. The molecule has 1 heterocycles. The van der Waals surface area contributed by atoms with Crippen molar-refractivity contribution in [1.29, 1.82) is 0 Å². The maximum absolute atomic E-state index is 5.89. The van der Waals surface area contributed by atoms with E-state index in [9.17, 15) is 0 Å². The minimum Gasteiger partial charge on any atom is -0.400 e. The molecule has 0 bridgehead atoms. The fourth-order valence-electron chi connectivity index (χ4n) is 1.65. The van der Waals surface area contributed by atoms with Gasteiger partial charge in [0.2, 0.25) is 0 Å². The van der Waals surface area contributed by atoms with Crippen LogP contribution in [0.1, 0.15) is 48.0 Å². The third-order valence-corrected chi connectivity index (χ3v) is 3.52. The zero-order valence-electron chi connectivity index (χ0n) is 12.0. The first-order chi connectivity index (χ1) is 7.78. The molecule has 0 spiro atoms. The van der Waals surface area contributed by atoms with Crippen molar-refractivity contribution in [2.75, 3.05) is 0 Å². The van der Waals surface area contributed by atoms with Crippen molar-refractivity contribution >= 4 is 7.12 Å². The van der Waals surface area contributed by atoms with Crippen LogP contribution < -0.4 is 0 Å². The lowest BCUT2D eigenvalue weighted by molar-refractivity contribution is 0.00578. The molecule has 1 aliphatic rings. The molecule has 1 atom stereocenters. The first kappa shape index (κ1) is 14.5. The smallest absolute Gasteiger partial charge is 0.400 e. The van der Waals surface area contributed by atoms with E-state index in [1.807, 2.05) is 5.98 Å². The molecule has 0 N–H and O–H groups in total. The average Bonchev–Trinajstić information content (AvgIpc) is 2.41. The third-order valence-electron chi connectivity index (χ3n) is 3.52. The largest absolute Gasteiger partial charge is 0.486 e. The molecule has 96 valence electrons. The molecule has 0 radical (unpaired) electrons. The third kappa shape index (κ3) is 3.72. The molecule has 1 fully saturated rings. The summed E-state index contributed by atoms with van der Waals surface area (Å²) in [7, 11) is -0.225. The van der Waals surface area contributed by atoms with Crippen LogP contribution in [0.15, 0.2) is 24.2 Å². The highest BCUT2D eigenvalue weighted by Crippen LogP contribution is 2.36. The van der Waals surface area contributed by atoms with E-state index >= 15 is 0 Å². The lowest BCUT2D eigenvalue weighted by Gasteiger charge is -2.32. The highest BCUT2D eigenvalue weighted by Gasteiger charge is 2.49. The quantitative estimate of drug-likeness (QED) is 0.546. The molecular weight excluding hydrogens is 211 g/mol. The van der Waals surface area contributed by atoms with Crippen LogP contribution in [-0.2, 0) is 9.31 Å². The molecule has 1 rings (SSSR count). The van der Waals surface area contributed by atoms with Crippen LogP contribution in [0.4, 0.5) is 0 Å². The molecule has 0 aromatic rings. The van der Waals surface area contributed by atoms with Crippen LogP contribution in [0, 0.1) is 5.92 Å². The molecule has 0 amide bonds. The SMILES string of the molecule is CCC=CC(C)C=CB1OC(C)(C)C(C)(C)O1. The average molecular weight is 236 g/mol. The standard InChI is InChI=1S/C14H25BO2/c1-7-8-9-12(2)10-11-15-16-13(3,4)14(5,6)17-15/h8-12H,7H2,1-6H3. The predicted octanol–water partition coefficient (Wildman–Crippen LogP) is 3.78. The zero-order chi connectivity index (χ0) is 13.1. The molecule has 1 unspecified atom stereocenters. The minimum atomic E-state index is -0.246. The van der Waals surface area contributed by atoms with Crippen molar-refractivity contribution in [1.82, 2.24) is 0 Å². The molecule has 3 heteroatoms. The van der Waals surface area contributed by atoms with Crippen molar-refractivity contribution in [2.45, 2.75) is 59.2 Å². The Morgan fingerprint density at radius 2 is 1.59 bits per heavy atom. The van der Waals surface area contributed by atoms with Crippen molar-refractivity contribution in [2.24, 2.45) is 5.92 Å². The topological polar surface area (TPSA) is 18.5 Å². The van der Waals surface area contributed by atoms with E-state index in [1.165, 1.54) is 0 Å². The zero-order valence-corrected chi connectivity index (χ0v) is 12.0. The summed E-state index contributed by atoms with van der Waals surface area (Å²) in [5.74, 6) is 2.44. The van der Waals surface area contributed by atoms with Gasteiger partial charge in [0, 0.05) is 0 Å². The minimum absolute atomic E-state index is 0.225. The van der Waals surface area contributed by atoms with Gasteiger partial charge in [-0.3, -0.25) is 0 Å². The Bertz CT molecular complexity index is 289. The Morgan fingerprint density at radius 1 is 1.06 bits per heavy atom. The Balaban J connectivity index is 2.56. The van der Waals surface area contributed by atoms with Gasteiger partial charge in [0.1, 0.15) is 0 Å². The summed E-state index contributed by atoms with van der Waals surface area (Å²) in [5.41, 5.74) is -0.491. The summed E-state index contributed by atoms with van der Waals surface area (Å²) in [6, 6.07) is 0. The molecule has 0 aliphatic carbocycles. The van der Waals surface area contributed by atoms with Crippen molar-refractivity contribution < 1.29 is 9.31 Å². The lowest BCUT2D eigenvalue weighted by Crippen LogP contribution is -2.41. The van der Waals surface area contributed by atoms with E-state index < -0.39 is 0 Å². The van der Waals surface area contributed by atoms with E-state index in [1.54, 1.807) is 0 Å². The van der Waals surface area contributed by atoms with Gasteiger partial charge in [0.15, 0.2) is 0 Å². The molecule has 0 aromatic heterocycles. The summed E-state index contributed by atoms with van der Waals surface area (Å²) in [6.07, 6.45) is 7.59. The summed E-state index contributed by atoms with van der Waals surface area (Å²) in [6.45, 7) is 12.6. The van der Waals surface area contributed by atoms with E-state index in [0.29, 0.717) is 5.92 Å². The highest BCUT2D eigenvalue weighted by atomic mass is 16.7. The molecule has 0 aromatic carbocycles. The van der Waals surface area contributed by atoms with Crippen LogP contribution in [0.3, 0.4) is 0 Å². The van der Waals surface area contributed by atoms with Gasteiger partial charge in [-0.1, -0.05) is 38.1 Å². The van der Waals surface area contributed by atoms with Crippen molar-refractivity contribution in [3.8, 4) is 0 Å².